The van der Waals surface area contributed by atoms with Crippen molar-refractivity contribution < 1.29 is 8.42 Å². The van der Waals surface area contributed by atoms with E-state index in [1.54, 1.807) is 12.3 Å². The van der Waals surface area contributed by atoms with Crippen molar-refractivity contribution in [2.24, 2.45) is 0 Å². The molecule has 1 aromatic carbocycles. The van der Waals surface area contributed by atoms with Crippen LogP contribution in [0.5, 0.6) is 0 Å². The fourth-order valence-corrected chi connectivity index (χ4v) is 7.74. The third-order valence-corrected chi connectivity index (χ3v) is 9.43. The van der Waals surface area contributed by atoms with Crippen molar-refractivity contribution in [1.29, 1.82) is 0 Å². The zero-order chi connectivity index (χ0) is 19.3. The number of nitrogens with zero attached hydrogens (tertiary/aromatic N) is 2. The highest BCUT2D eigenvalue weighted by Crippen LogP contribution is 2.38. The molecule has 0 radical (unpaired) electrons. The molecular weight excluding hydrogens is 420 g/mol. The summed E-state index contributed by atoms with van der Waals surface area (Å²) in [6.07, 6.45) is 2.60. The number of rotatable bonds is 5. The van der Waals surface area contributed by atoms with Gasteiger partial charge in [-0.15, -0.1) is 22.7 Å². The monoisotopic (exact) mass is 438 g/mol. The topological polar surface area (TPSA) is 42.3 Å². The number of fused-ring (bicyclic) bond motifs is 2. The summed E-state index contributed by atoms with van der Waals surface area (Å²) in [7, 11) is 0.367. The Bertz CT molecular complexity index is 1250. The third kappa shape index (κ3) is 3.21. The molecule has 0 fully saturated rings. The average molecular weight is 439 g/mol. The van der Waals surface area contributed by atoms with E-state index < -0.39 is 10.0 Å². The van der Waals surface area contributed by atoms with Gasteiger partial charge in [-0.2, -0.15) is 8.42 Å². The lowest BCUT2D eigenvalue weighted by Crippen LogP contribution is -2.15. The quantitative estimate of drug-likeness (QED) is 0.429. The van der Waals surface area contributed by atoms with Gasteiger partial charge in [-0.3, -0.25) is 0 Å². The highest BCUT2D eigenvalue weighted by molar-refractivity contribution is 7.92. The average Bonchev–Trinajstić information content (AvgIpc) is 3.28. The normalized spacial score (nSPS) is 12.6. The summed E-state index contributed by atoms with van der Waals surface area (Å²) in [5, 5.41) is 4.48. The Morgan fingerprint density at radius 2 is 1.96 bits per heavy atom. The molecule has 0 spiro atoms. The molecule has 3 aromatic heterocycles. The lowest BCUT2D eigenvalue weighted by molar-refractivity contribution is 0.414. The van der Waals surface area contributed by atoms with Gasteiger partial charge in [0.05, 0.1) is 0 Å². The van der Waals surface area contributed by atoms with Crippen molar-refractivity contribution >= 4 is 64.6 Å². The van der Waals surface area contributed by atoms with E-state index in [4.69, 9.17) is 11.6 Å². The van der Waals surface area contributed by atoms with Crippen molar-refractivity contribution in [3.63, 3.8) is 0 Å². The van der Waals surface area contributed by atoms with Crippen molar-refractivity contribution in [1.82, 2.24) is 8.87 Å². The second-order valence-corrected chi connectivity index (χ2v) is 11.2. The molecule has 4 aromatic rings. The summed E-state index contributed by atoms with van der Waals surface area (Å²) in [6, 6.07) is 7.52. The van der Waals surface area contributed by atoms with E-state index in [0.29, 0.717) is 9.23 Å². The van der Waals surface area contributed by atoms with E-state index in [0.717, 1.165) is 44.4 Å². The minimum absolute atomic E-state index is 0.379. The fraction of sp³-hybridized carbons (Fsp3) is 0.263. The van der Waals surface area contributed by atoms with Crippen LogP contribution in [0.1, 0.15) is 11.1 Å². The maximum atomic E-state index is 13.5. The Hall–Kier alpha value is -1.38. The summed E-state index contributed by atoms with van der Waals surface area (Å²) >= 11 is 8.87. The van der Waals surface area contributed by atoms with E-state index in [1.165, 1.54) is 26.6 Å². The molecule has 0 aliphatic carbocycles. The largest absolute Gasteiger partial charge is 0.309 e. The van der Waals surface area contributed by atoms with E-state index in [9.17, 15) is 8.42 Å². The molecule has 0 bridgehead atoms. The summed E-state index contributed by atoms with van der Waals surface area (Å²) in [5.41, 5.74) is 1.82. The molecule has 0 saturated heterocycles. The van der Waals surface area contributed by atoms with Crippen molar-refractivity contribution in [2.45, 2.75) is 17.6 Å². The lowest BCUT2D eigenvalue weighted by Gasteiger charge is -2.08. The number of hydrogen-bond acceptors (Lipinski definition) is 5. The molecule has 4 rings (SSSR count). The van der Waals surface area contributed by atoms with Crippen LogP contribution in [0.2, 0.25) is 5.02 Å². The summed E-state index contributed by atoms with van der Waals surface area (Å²) < 4.78 is 29.8. The molecule has 4 nitrogen and oxygen atoms in total. The van der Waals surface area contributed by atoms with Crippen LogP contribution in [-0.2, 0) is 16.4 Å². The number of halogens is 1. The molecule has 0 N–H and O–H groups in total. The van der Waals surface area contributed by atoms with Crippen LogP contribution >= 0.6 is 34.3 Å². The smallest absolute Gasteiger partial charge is 0.278 e. The summed E-state index contributed by atoms with van der Waals surface area (Å²) in [4.78, 5) is 2.88. The highest BCUT2D eigenvalue weighted by atomic mass is 35.5. The van der Waals surface area contributed by atoms with Crippen LogP contribution in [0.4, 0.5) is 0 Å². The molecule has 0 atom stereocenters. The first-order valence-corrected chi connectivity index (χ1v) is 12.0. The first-order valence-electron chi connectivity index (χ1n) is 8.45. The van der Waals surface area contributed by atoms with Crippen molar-refractivity contribution in [3.8, 4) is 0 Å². The molecule has 142 valence electrons. The number of benzene rings is 1. The van der Waals surface area contributed by atoms with Gasteiger partial charge in [-0.1, -0.05) is 11.6 Å². The Kier molecular flexibility index (Phi) is 4.84. The maximum absolute atomic E-state index is 13.5. The molecule has 3 heterocycles. The molecular formula is C19H19ClN2O2S3. The molecule has 0 aliphatic heterocycles. The summed E-state index contributed by atoms with van der Waals surface area (Å²) in [5.74, 6) is 0. The molecule has 8 heteroatoms. The van der Waals surface area contributed by atoms with Crippen LogP contribution in [0.15, 0.2) is 40.1 Å². The first kappa shape index (κ1) is 19.0. The van der Waals surface area contributed by atoms with Gasteiger partial charge >= 0.3 is 0 Å². The van der Waals surface area contributed by atoms with Gasteiger partial charge in [0.2, 0.25) is 0 Å². The zero-order valence-electron chi connectivity index (χ0n) is 15.2. The number of aryl methyl sites for hydroxylation is 1. The van der Waals surface area contributed by atoms with E-state index in [1.807, 2.05) is 44.6 Å². The van der Waals surface area contributed by atoms with Gasteiger partial charge in [-0.05, 0) is 73.6 Å². The minimum Gasteiger partial charge on any atom is -0.309 e. The van der Waals surface area contributed by atoms with Gasteiger partial charge in [0, 0.05) is 27.9 Å². The predicted octanol–water partition coefficient (Wildman–Crippen LogP) is 5.22. The first-order chi connectivity index (χ1) is 12.8. The lowest BCUT2D eigenvalue weighted by atomic mass is 10.2. The van der Waals surface area contributed by atoms with Gasteiger partial charge in [-0.25, -0.2) is 3.97 Å². The van der Waals surface area contributed by atoms with Crippen molar-refractivity contribution in [3.05, 3.63) is 52.0 Å². The Morgan fingerprint density at radius 1 is 1.19 bits per heavy atom. The molecule has 0 amide bonds. The van der Waals surface area contributed by atoms with E-state index in [2.05, 4.69) is 4.90 Å². The predicted molar refractivity (Wildman–Crippen MR) is 116 cm³/mol. The Labute approximate surface area is 171 Å². The zero-order valence-corrected chi connectivity index (χ0v) is 18.4. The van der Waals surface area contributed by atoms with E-state index >= 15 is 0 Å². The van der Waals surface area contributed by atoms with E-state index in [-0.39, 0.29) is 0 Å². The third-order valence-electron chi connectivity index (χ3n) is 4.64. The van der Waals surface area contributed by atoms with Crippen LogP contribution < -0.4 is 0 Å². The van der Waals surface area contributed by atoms with Crippen LogP contribution in [-0.4, -0.2) is 37.9 Å². The molecule has 27 heavy (non-hydrogen) atoms. The Morgan fingerprint density at radius 3 is 2.70 bits per heavy atom. The second-order valence-electron chi connectivity index (χ2n) is 6.80. The second kappa shape index (κ2) is 6.90. The van der Waals surface area contributed by atoms with Gasteiger partial charge in [0.15, 0.2) is 0 Å². The van der Waals surface area contributed by atoms with Gasteiger partial charge in [0.25, 0.3) is 10.0 Å². The van der Waals surface area contributed by atoms with Crippen LogP contribution in [0, 0.1) is 6.92 Å². The van der Waals surface area contributed by atoms with Gasteiger partial charge in [0.1, 0.15) is 9.04 Å². The SMILES string of the molecule is Cc1c(S(=O)(=O)n2cc(CCN(C)C)c3ccsc32)sc2ccc(Cl)cc12. The number of thiophene rings is 2. The number of aromatic nitrogens is 1. The molecule has 0 unspecified atom stereocenters. The standard InChI is InChI=1S/C19H19ClN2O2S3/c1-12-16-10-14(20)4-5-17(16)26-19(12)27(23,24)22-11-13(6-8-21(2)3)15-7-9-25-18(15)22/h4-5,7,9-11H,6,8H2,1-3H3. The van der Waals surface area contributed by atoms with Gasteiger partial charge < -0.3 is 4.90 Å². The molecule has 0 saturated carbocycles. The summed E-state index contributed by atoms with van der Waals surface area (Å²) in [6.45, 7) is 2.72. The fourth-order valence-electron chi connectivity index (χ4n) is 3.21. The van der Waals surface area contributed by atoms with Crippen molar-refractivity contribution in [2.75, 3.05) is 20.6 Å². The molecule has 0 aliphatic rings. The number of hydrogen-bond donors (Lipinski definition) is 0. The Balaban J connectivity index is 1.88. The van der Waals surface area contributed by atoms with Crippen LogP contribution in [0.25, 0.3) is 20.3 Å². The number of likely N-dealkylation sites (N-methyl/N-ethyl adjacent to an activating group) is 1. The highest BCUT2D eigenvalue weighted by Gasteiger charge is 2.26. The maximum Gasteiger partial charge on any atom is 0.278 e. The minimum atomic E-state index is -3.67. The van der Waals surface area contributed by atoms with Crippen LogP contribution in [0.3, 0.4) is 0 Å².